The second-order valence-electron chi connectivity index (χ2n) is 4.20. The van der Waals surface area contributed by atoms with Crippen molar-refractivity contribution < 1.29 is 4.74 Å². The largest absolute Gasteiger partial charge is 0.497 e. The van der Waals surface area contributed by atoms with Crippen LogP contribution in [0.15, 0.2) is 24.3 Å². The van der Waals surface area contributed by atoms with Crippen LogP contribution in [0.2, 0.25) is 0 Å². The minimum Gasteiger partial charge on any atom is -0.497 e. The molecule has 0 aliphatic heterocycles. The maximum Gasteiger partial charge on any atom is 0.165 e. The number of aromatic nitrogens is 4. The van der Waals surface area contributed by atoms with E-state index in [1.807, 2.05) is 22.9 Å². The molecule has 0 fully saturated rings. The lowest BCUT2D eigenvalue weighted by atomic mass is 10.1. The fourth-order valence-corrected chi connectivity index (χ4v) is 1.82. The summed E-state index contributed by atoms with van der Waals surface area (Å²) in [7, 11) is 1.68. The van der Waals surface area contributed by atoms with Crippen molar-refractivity contribution in [2.45, 2.75) is 26.4 Å². The summed E-state index contributed by atoms with van der Waals surface area (Å²) in [5, 5.41) is 15.0. The van der Waals surface area contributed by atoms with Gasteiger partial charge < -0.3 is 10.1 Å². The van der Waals surface area contributed by atoms with E-state index in [1.54, 1.807) is 7.11 Å². The van der Waals surface area contributed by atoms with Crippen LogP contribution >= 0.6 is 0 Å². The molecule has 0 saturated carbocycles. The van der Waals surface area contributed by atoms with Gasteiger partial charge >= 0.3 is 0 Å². The molecule has 6 heteroatoms. The molecule has 0 aliphatic rings. The standard InChI is InChI=1S/C13H19N5O/c1-3-14-10-13-15-16-17-18(13)8-7-11-5-4-6-12(9-11)19-2/h4-6,9,14H,3,7-8,10H2,1-2H3. The molecule has 0 amide bonds. The van der Waals surface area contributed by atoms with Crippen molar-refractivity contribution in [3.05, 3.63) is 35.7 Å². The van der Waals surface area contributed by atoms with Crippen LogP contribution in [0.1, 0.15) is 18.3 Å². The summed E-state index contributed by atoms with van der Waals surface area (Å²) in [4.78, 5) is 0. The Labute approximate surface area is 112 Å². The first-order chi connectivity index (χ1) is 9.33. The van der Waals surface area contributed by atoms with E-state index < -0.39 is 0 Å². The third-order valence-electron chi connectivity index (χ3n) is 2.89. The van der Waals surface area contributed by atoms with E-state index in [9.17, 15) is 0 Å². The van der Waals surface area contributed by atoms with Gasteiger partial charge in [0.05, 0.1) is 13.7 Å². The van der Waals surface area contributed by atoms with Gasteiger partial charge in [-0.1, -0.05) is 19.1 Å². The van der Waals surface area contributed by atoms with Crippen molar-refractivity contribution in [2.24, 2.45) is 0 Å². The topological polar surface area (TPSA) is 64.9 Å². The van der Waals surface area contributed by atoms with Gasteiger partial charge in [-0.3, -0.25) is 0 Å². The summed E-state index contributed by atoms with van der Waals surface area (Å²) in [5.74, 6) is 1.74. The molecule has 2 rings (SSSR count). The van der Waals surface area contributed by atoms with Gasteiger partial charge in [0, 0.05) is 6.54 Å². The molecule has 2 aromatic rings. The van der Waals surface area contributed by atoms with Crippen LogP contribution in [0.3, 0.4) is 0 Å². The zero-order valence-corrected chi connectivity index (χ0v) is 11.3. The molecule has 0 atom stereocenters. The number of hydrogen-bond acceptors (Lipinski definition) is 5. The highest BCUT2D eigenvalue weighted by Gasteiger charge is 2.05. The van der Waals surface area contributed by atoms with Crippen molar-refractivity contribution in [2.75, 3.05) is 13.7 Å². The van der Waals surface area contributed by atoms with Gasteiger partial charge in [0.15, 0.2) is 5.82 Å². The SMILES string of the molecule is CCNCc1nnnn1CCc1cccc(OC)c1. The van der Waals surface area contributed by atoms with Crippen LogP contribution in [-0.4, -0.2) is 33.9 Å². The Bertz CT molecular complexity index is 511. The van der Waals surface area contributed by atoms with Crippen LogP contribution in [-0.2, 0) is 19.5 Å². The van der Waals surface area contributed by atoms with Crippen molar-refractivity contribution in [1.29, 1.82) is 0 Å². The Morgan fingerprint density at radius 3 is 3.05 bits per heavy atom. The number of hydrogen-bond donors (Lipinski definition) is 1. The molecule has 0 saturated heterocycles. The Morgan fingerprint density at radius 2 is 2.26 bits per heavy atom. The molecule has 102 valence electrons. The number of aryl methyl sites for hydroxylation is 2. The first-order valence-electron chi connectivity index (χ1n) is 6.42. The summed E-state index contributed by atoms with van der Waals surface area (Å²) < 4.78 is 7.05. The second-order valence-corrected chi connectivity index (χ2v) is 4.20. The fraction of sp³-hybridized carbons (Fsp3) is 0.462. The molecule has 0 spiro atoms. The van der Waals surface area contributed by atoms with Crippen molar-refractivity contribution in [3.63, 3.8) is 0 Å². The molecule has 0 bridgehead atoms. The third-order valence-corrected chi connectivity index (χ3v) is 2.89. The highest BCUT2D eigenvalue weighted by molar-refractivity contribution is 5.28. The maximum absolute atomic E-state index is 5.21. The van der Waals surface area contributed by atoms with Crippen LogP contribution in [0.5, 0.6) is 5.75 Å². The zero-order valence-electron chi connectivity index (χ0n) is 11.3. The summed E-state index contributed by atoms with van der Waals surface area (Å²) >= 11 is 0. The molecule has 1 aromatic carbocycles. The van der Waals surface area contributed by atoms with Crippen molar-refractivity contribution >= 4 is 0 Å². The number of nitrogens with one attached hydrogen (secondary N) is 1. The van der Waals surface area contributed by atoms with E-state index in [0.29, 0.717) is 6.54 Å². The first kappa shape index (κ1) is 13.5. The molecular formula is C13H19N5O. The van der Waals surface area contributed by atoms with E-state index >= 15 is 0 Å². The molecule has 19 heavy (non-hydrogen) atoms. The predicted molar refractivity (Wildman–Crippen MR) is 71.9 cm³/mol. The molecule has 0 aliphatic carbocycles. The zero-order chi connectivity index (χ0) is 13.5. The summed E-state index contributed by atoms with van der Waals surface area (Å²) in [5.41, 5.74) is 1.21. The minimum atomic E-state index is 0.696. The van der Waals surface area contributed by atoms with Crippen LogP contribution in [0.4, 0.5) is 0 Å². The van der Waals surface area contributed by atoms with Gasteiger partial charge in [0.2, 0.25) is 0 Å². The lowest BCUT2D eigenvalue weighted by molar-refractivity contribution is 0.414. The third kappa shape index (κ3) is 3.75. The molecule has 1 N–H and O–H groups in total. The molecule has 1 aromatic heterocycles. The van der Waals surface area contributed by atoms with Gasteiger partial charge in [-0.05, 0) is 41.1 Å². The molecular weight excluding hydrogens is 242 g/mol. The highest BCUT2D eigenvalue weighted by Crippen LogP contribution is 2.13. The van der Waals surface area contributed by atoms with E-state index in [4.69, 9.17) is 4.74 Å². The summed E-state index contributed by atoms with van der Waals surface area (Å²) in [6, 6.07) is 8.05. The van der Waals surface area contributed by atoms with E-state index in [-0.39, 0.29) is 0 Å². The Balaban J connectivity index is 1.96. The van der Waals surface area contributed by atoms with Gasteiger partial charge in [0.25, 0.3) is 0 Å². The quantitative estimate of drug-likeness (QED) is 0.806. The van der Waals surface area contributed by atoms with E-state index in [2.05, 4.69) is 33.8 Å². The van der Waals surface area contributed by atoms with Crippen molar-refractivity contribution in [1.82, 2.24) is 25.5 Å². The number of methoxy groups -OCH3 is 1. The summed E-state index contributed by atoms with van der Waals surface area (Å²) in [6.45, 7) is 4.43. The highest BCUT2D eigenvalue weighted by atomic mass is 16.5. The molecule has 0 radical (unpaired) electrons. The lowest BCUT2D eigenvalue weighted by Crippen LogP contribution is -2.17. The fourth-order valence-electron chi connectivity index (χ4n) is 1.82. The number of ether oxygens (including phenoxy) is 1. The normalized spacial score (nSPS) is 10.6. The maximum atomic E-state index is 5.21. The van der Waals surface area contributed by atoms with Crippen molar-refractivity contribution in [3.8, 4) is 5.75 Å². The average Bonchev–Trinajstić information content (AvgIpc) is 2.90. The van der Waals surface area contributed by atoms with Gasteiger partial charge in [-0.15, -0.1) is 5.10 Å². The Kier molecular flexibility index (Phi) is 4.85. The van der Waals surface area contributed by atoms with E-state index in [1.165, 1.54) is 5.56 Å². The van der Waals surface area contributed by atoms with Crippen LogP contribution < -0.4 is 10.1 Å². The van der Waals surface area contributed by atoms with Gasteiger partial charge in [0.1, 0.15) is 5.75 Å². The minimum absolute atomic E-state index is 0.696. The van der Waals surface area contributed by atoms with Gasteiger partial charge in [-0.2, -0.15) is 0 Å². The lowest BCUT2D eigenvalue weighted by Gasteiger charge is -2.06. The number of tetrazole rings is 1. The Hall–Kier alpha value is -1.95. The first-order valence-corrected chi connectivity index (χ1v) is 6.42. The number of nitrogens with zero attached hydrogens (tertiary/aromatic N) is 4. The number of rotatable bonds is 7. The van der Waals surface area contributed by atoms with Gasteiger partial charge in [-0.25, -0.2) is 4.68 Å². The Morgan fingerprint density at radius 1 is 1.37 bits per heavy atom. The predicted octanol–water partition coefficient (Wildman–Crippen LogP) is 1.03. The molecule has 6 nitrogen and oxygen atoms in total. The van der Waals surface area contributed by atoms with Crippen LogP contribution in [0.25, 0.3) is 0 Å². The van der Waals surface area contributed by atoms with E-state index in [0.717, 1.165) is 31.1 Å². The van der Waals surface area contributed by atoms with Crippen LogP contribution in [0, 0.1) is 0 Å². The molecule has 1 heterocycles. The summed E-state index contributed by atoms with van der Waals surface area (Å²) in [6.07, 6.45) is 0.876. The molecule has 0 unspecified atom stereocenters. The number of benzene rings is 1. The second kappa shape index (κ2) is 6.84. The average molecular weight is 261 g/mol. The monoisotopic (exact) mass is 261 g/mol. The smallest absolute Gasteiger partial charge is 0.165 e.